The van der Waals surface area contributed by atoms with Gasteiger partial charge < -0.3 is 9.47 Å². The van der Waals surface area contributed by atoms with Crippen molar-refractivity contribution in [3.63, 3.8) is 0 Å². The molecule has 7 heteroatoms. The Morgan fingerprint density at radius 2 is 1.95 bits per heavy atom. The van der Waals surface area contributed by atoms with Crippen molar-refractivity contribution in [1.29, 1.82) is 0 Å². The summed E-state index contributed by atoms with van der Waals surface area (Å²) in [6.07, 6.45) is 1.73. The maximum atomic E-state index is 12.6. The summed E-state index contributed by atoms with van der Waals surface area (Å²) in [5, 5.41) is 0. The minimum atomic E-state index is -3.44. The van der Waals surface area contributed by atoms with E-state index in [1.54, 1.807) is 7.05 Å². The fraction of sp³-hybridized carbons (Fsp3) is 0.600. The third-order valence-electron chi connectivity index (χ3n) is 4.86. The number of para-hydroxylation sites is 2. The van der Waals surface area contributed by atoms with Crippen LogP contribution in [0.15, 0.2) is 24.3 Å². The van der Waals surface area contributed by atoms with Crippen molar-refractivity contribution in [2.45, 2.75) is 18.4 Å². The molecule has 3 aliphatic rings. The van der Waals surface area contributed by atoms with Crippen LogP contribution in [0, 0.1) is 5.92 Å². The van der Waals surface area contributed by atoms with Gasteiger partial charge in [0.05, 0.1) is 36.8 Å². The van der Waals surface area contributed by atoms with Gasteiger partial charge in [-0.3, -0.25) is 8.61 Å². The van der Waals surface area contributed by atoms with Crippen LogP contribution < -0.4 is 8.61 Å². The average molecular weight is 324 g/mol. The van der Waals surface area contributed by atoms with E-state index >= 15 is 0 Å². The van der Waals surface area contributed by atoms with E-state index in [1.165, 1.54) is 8.61 Å². The third kappa shape index (κ3) is 2.03. The molecule has 1 saturated carbocycles. The highest BCUT2D eigenvalue weighted by molar-refractivity contribution is 7.94. The molecule has 2 fully saturated rings. The van der Waals surface area contributed by atoms with Crippen LogP contribution in [0.25, 0.3) is 0 Å². The van der Waals surface area contributed by atoms with Gasteiger partial charge in [0.1, 0.15) is 0 Å². The molecule has 0 aromatic heterocycles. The fourth-order valence-electron chi connectivity index (χ4n) is 3.74. The molecule has 0 unspecified atom stereocenters. The number of nitrogens with zero attached hydrogens (tertiary/aromatic N) is 2. The molecule has 0 atom stereocenters. The molecule has 2 aliphatic heterocycles. The first-order valence-corrected chi connectivity index (χ1v) is 8.99. The number of ether oxygens (including phenoxy) is 2. The second-order valence-electron chi connectivity index (χ2n) is 6.35. The second kappa shape index (κ2) is 4.84. The minimum Gasteiger partial charge on any atom is -0.376 e. The summed E-state index contributed by atoms with van der Waals surface area (Å²) >= 11 is 0. The van der Waals surface area contributed by atoms with E-state index in [1.807, 2.05) is 24.3 Å². The summed E-state index contributed by atoms with van der Waals surface area (Å²) in [6, 6.07) is 7.44. The Bertz CT molecular complexity index is 677. The predicted octanol–water partition coefficient (Wildman–Crippen LogP) is 1.38. The van der Waals surface area contributed by atoms with Gasteiger partial charge in [-0.2, -0.15) is 8.42 Å². The monoisotopic (exact) mass is 324 g/mol. The molecule has 1 aromatic carbocycles. The van der Waals surface area contributed by atoms with E-state index < -0.39 is 10.2 Å². The molecule has 0 radical (unpaired) electrons. The Kier molecular flexibility index (Phi) is 3.15. The lowest BCUT2D eigenvalue weighted by molar-refractivity contribution is -0.208. The minimum absolute atomic E-state index is 0.169. The molecule has 0 N–H and O–H groups in total. The topological polar surface area (TPSA) is 59.1 Å². The summed E-state index contributed by atoms with van der Waals surface area (Å²) in [7, 11) is -1.84. The van der Waals surface area contributed by atoms with Gasteiger partial charge in [0.2, 0.25) is 0 Å². The van der Waals surface area contributed by atoms with Gasteiger partial charge in [0, 0.05) is 13.6 Å². The molecule has 4 rings (SSSR count). The van der Waals surface area contributed by atoms with Crippen molar-refractivity contribution in [2.24, 2.45) is 5.92 Å². The first-order valence-electron chi connectivity index (χ1n) is 7.59. The quantitative estimate of drug-likeness (QED) is 0.825. The van der Waals surface area contributed by atoms with Crippen LogP contribution in [0.4, 0.5) is 11.4 Å². The lowest BCUT2D eigenvalue weighted by atomic mass is 9.70. The van der Waals surface area contributed by atoms with Crippen LogP contribution in [-0.4, -0.2) is 47.4 Å². The highest BCUT2D eigenvalue weighted by Crippen LogP contribution is 2.46. The van der Waals surface area contributed by atoms with Crippen molar-refractivity contribution >= 4 is 21.6 Å². The van der Waals surface area contributed by atoms with Gasteiger partial charge in [0.15, 0.2) is 0 Å². The Morgan fingerprint density at radius 3 is 2.64 bits per heavy atom. The van der Waals surface area contributed by atoms with Crippen LogP contribution in [0.1, 0.15) is 12.8 Å². The Balaban J connectivity index is 1.52. The number of hydrogen-bond acceptors (Lipinski definition) is 4. The van der Waals surface area contributed by atoms with Gasteiger partial charge in [0.25, 0.3) is 0 Å². The Morgan fingerprint density at radius 1 is 1.23 bits per heavy atom. The van der Waals surface area contributed by atoms with Crippen LogP contribution in [-0.2, 0) is 19.7 Å². The molecule has 1 spiro atoms. The van der Waals surface area contributed by atoms with E-state index in [-0.39, 0.29) is 5.60 Å². The van der Waals surface area contributed by atoms with Crippen LogP contribution >= 0.6 is 0 Å². The van der Waals surface area contributed by atoms with Gasteiger partial charge >= 0.3 is 10.2 Å². The zero-order chi connectivity index (χ0) is 15.4. The van der Waals surface area contributed by atoms with Gasteiger partial charge in [-0.1, -0.05) is 12.1 Å². The van der Waals surface area contributed by atoms with Crippen LogP contribution in [0.3, 0.4) is 0 Å². The number of fused-ring (bicyclic) bond motifs is 1. The highest BCUT2D eigenvalue weighted by atomic mass is 32.2. The van der Waals surface area contributed by atoms with E-state index in [0.717, 1.165) is 24.2 Å². The van der Waals surface area contributed by atoms with Crippen LogP contribution in [0.5, 0.6) is 0 Å². The van der Waals surface area contributed by atoms with E-state index in [4.69, 9.17) is 9.47 Å². The molecular formula is C15H20N2O4S. The largest absolute Gasteiger partial charge is 0.376 e. The zero-order valence-corrected chi connectivity index (χ0v) is 13.4. The first kappa shape index (κ1) is 14.3. The lowest BCUT2D eigenvalue weighted by Crippen LogP contribution is -2.56. The van der Waals surface area contributed by atoms with Gasteiger partial charge in [-0.25, -0.2) is 0 Å². The smallest absolute Gasteiger partial charge is 0.326 e. The molecular weight excluding hydrogens is 304 g/mol. The number of rotatable bonds is 2. The maximum absolute atomic E-state index is 12.6. The van der Waals surface area contributed by atoms with Crippen molar-refractivity contribution in [3.8, 4) is 0 Å². The molecule has 1 aromatic rings. The van der Waals surface area contributed by atoms with Crippen LogP contribution in [0.2, 0.25) is 0 Å². The molecule has 0 bridgehead atoms. The number of benzene rings is 1. The molecule has 6 nitrogen and oxygen atoms in total. The third-order valence-corrected chi connectivity index (χ3v) is 6.65. The van der Waals surface area contributed by atoms with E-state index in [9.17, 15) is 8.42 Å². The predicted molar refractivity (Wildman–Crippen MR) is 83.3 cm³/mol. The van der Waals surface area contributed by atoms with Gasteiger partial charge in [-0.15, -0.1) is 0 Å². The molecule has 22 heavy (non-hydrogen) atoms. The summed E-state index contributed by atoms with van der Waals surface area (Å²) in [5.74, 6) is 0.316. The van der Waals surface area contributed by atoms with E-state index in [2.05, 4.69) is 0 Å². The SMILES string of the molecule is CN1c2ccccc2N(CC2CC3(COCCO3)C2)S1(=O)=O. The number of anilines is 2. The first-order chi connectivity index (χ1) is 10.5. The summed E-state index contributed by atoms with van der Waals surface area (Å²) < 4.78 is 39.4. The summed E-state index contributed by atoms with van der Waals surface area (Å²) in [6.45, 7) is 2.44. The van der Waals surface area contributed by atoms with Crippen molar-refractivity contribution in [2.75, 3.05) is 42.0 Å². The average Bonchev–Trinajstić information content (AvgIpc) is 2.68. The Hall–Kier alpha value is -1.31. The van der Waals surface area contributed by atoms with Crippen molar-refractivity contribution in [1.82, 2.24) is 0 Å². The molecule has 0 amide bonds. The zero-order valence-electron chi connectivity index (χ0n) is 12.6. The lowest BCUT2D eigenvalue weighted by Gasteiger charge is -2.49. The highest BCUT2D eigenvalue weighted by Gasteiger charge is 2.49. The van der Waals surface area contributed by atoms with Crippen molar-refractivity contribution in [3.05, 3.63) is 24.3 Å². The Labute approximate surface area is 130 Å². The van der Waals surface area contributed by atoms with E-state index in [0.29, 0.717) is 32.3 Å². The normalized spacial score (nSPS) is 32.9. The maximum Gasteiger partial charge on any atom is 0.326 e. The molecule has 2 heterocycles. The number of hydrogen-bond donors (Lipinski definition) is 0. The van der Waals surface area contributed by atoms with Gasteiger partial charge in [-0.05, 0) is 30.9 Å². The standard InChI is InChI=1S/C15H20N2O4S/c1-16-13-4-2-3-5-14(13)17(22(16,18)19)10-12-8-15(9-12)11-20-6-7-21-15/h2-5,12H,6-11H2,1H3. The van der Waals surface area contributed by atoms with Crippen molar-refractivity contribution < 1.29 is 17.9 Å². The molecule has 120 valence electrons. The summed E-state index contributed by atoms with van der Waals surface area (Å²) in [5.41, 5.74) is 1.35. The molecule has 1 aliphatic carbocycles. The fourth-order valence-corrected chi connectivity index (χ4v) is 5.24. The second-order valence-corrected chi connectivity index (χ2v) is 8.24. The molecule has 1 saturated heterocycles. The summed E-state index contributed by atoms with van der Waals surface area (Å²) in [4.78, 5) is 0.